The van der Waals surface area contributed by atoms with Gasteiger partial charge in [0.05, 0.1) is 19.8 Å². The van der Waals surface area contributed by atoms with Crippen molar-refractivity contribution in [3.05, 3.63) is 0 Å². The number of aliphatic hydroxyl groups is 1. The molecule has 2 atom stereocenters. The maximum absolute atomic E-state index is 11.5. The lowest BCUT2D eigenvalue weighted by atomic mass is 10.1. The number of esters is 1. The minimum absolute atomic E-state index is 0.446. The number of hydrogen-bond donors (Lipinski definition) is 3. The van der Waals surface area contributed by atoms with Crippen molar-refractivity contribution in [2.24, 2.45) is 5.73 Å². The van der Waals surface area contributed by atoms with Crippen LogP contribution < -0.4 is 11.1 Å². The van der Waals surface area contributed by atoms with Crippen molar-refractivity contribution in [1.82, 2.24) is 5.32 Å². The van der Waals surface area contributed by atoms with Gasteiger partial charge in [0.15, 0.2) is 6.04 Å². The fourth-order valence-corrected chi connectivity index (χ4v) is 1.16. The van der Waals surface area contributed by atoms with Crippen molar-refractivity contribution < 1.29 is 19.4 Å². The number of carbonyl (C=O) groups excluding carboxylic acids is 2. The molecule has 94 valence electrons. The summed E-state index contributed by atoms with van der Waals surface area (Å²) in [7, 11) is 1.19. The van der Waals surface area contributed by atoms with Gasteiger partial charge in [-0.25, -0.2) is 4.79 Å². The fourth-order valence-electron chi connectivity index (χ4n) is 1.16. The molecule has 4 N–H and O–H groups in total. The predicted molar refractivity (Wildman–Crippen MR) is 58.5 cm³/mol. The number of aliphatic hydroxyl groups excluding tert-OH is 1. The first kappa shape index (κ1) is 14.9. The van der Waals surface area contributed by atoms with E-state index in [-0.39, 0.29) is 0 Å². The van der Waals surface area contributed by atoms with Gasteiger partial charge in [-0.2, -0.15) is 0 Å². The molecule has 0 fully saturated rings. The summed E-state index contributed by atoms with van der Waals surface area (Å²) in [5.41, 5.74) is 5.60. The predicted octanol–water partition coefficient (Wildman–Crippen LogP) is -0.846. The van der Waals surface area contributed by atoms with Crippen LogP contribution in [0.15, 0.2) is 0 Å². The Morgan fingerprint density at radius 1 is 1.50 bits per heavy atom. The Kier molecular flexibility index (Phi) is 7.49. The van der Waals surface area contributed by atoms with Crippen LogP contribution in [-0.4, -0.2) is 42.8 Å². The molecule has 0 aromatic carbocycles. The molecule has 0 aromatic rings. The van der Waals surface area contributed by atoms with E-state index in [1.54, 1.807) is 0 Å². The van der Waals surface area contributed by atoms with Crippen LogP contribution in [0.3, 0.4) is 0 Å². The standard InChI is InChI=1S/C10H20N2O4/c1-3-4-5-7(11)9(14)12-8(6-13)10(15)16-2/h7-8,13H,3-6,11H2,1-2H3,(H,12,14)/t7-,8-/m0/s1. The summed E-state index contributed by atoms with van der Waals surface area (Å²) >= 11 is 0. The zero-order chi connectivity index (χ0) is 12.6. The number of methoxy groups -OCH3 is 1. The topological polar surface area (TPSA) is 102 Å². The van der Waals surface area contributed by atoms with Crippen molar-refractivity contribution in [1.29, 1.82) is 0 Å². The van der Waals surface area contributed by atoms with Crippen molar-refractivity contribution in [2.75, 3.05) is 13.7 Å². The number of nitrogens with two attached hydrogens (primary N) is 1. The number of carbonyl (C=O) groups is 2. The Labute approximate surface area is 95.1 Å². The summed E-state index contributed by atoms with van der Waals surface area (Å²) in [5.74, 6) is -1.13. The van der Waals surface area contributed by atoms with Crippen LogP contribution in [0.1, 0.15) is 26.2 Å². The van der Waals surface area contributed by atoms with Crippen molar-refractivity contribution in [3.8, 4) is 0 Å². The summed E-state index contributed by atoms with van der Waals surface area (Å²) in [6.45, 7) is 1.49. The van der Waals surface area contributed by atoms with Gasteiger partial charge in [0.2, 0.25) is 5.91 Å². The quantitative estimate of drug-likeness (QED) is 0.496. The van der Waals surface area contributed by atoms with Crippen LogP contribution >= 0.6 is 0 Å². The fraction of sp³-hybridized carbons (Fsp3) is 0.800. The molecule has 6 heteroatoms. The highest BCUT2D eigenvalue weighted by atomic mass is 16.5. The molecule has 0 aliphatic rings. The zero-order valence-corrected chi connectivity index (χ0v) is 9.73. The first-order valence-corrected chi connectivity index (χ1v) is 5.31. The molecule has 0 aliphatic heterocycles. The normalized spacial score (nSPS) is 14.0. The van der Waals surface area contributed by atoms with E-state index < -0.39 is 30.6 Å². The van der Waals surface area contributed by atoms with E-state index >= 15 is 0 Å². The van der Waals surface area contributed by atoms with E-state index in [1.165, 1.54) is 7.11 Å². The molecule has 1 amide bonds. The second-order valence-electron chi connectivity index (χ2n) is 3.52. The Balaban J connectivity index is 4.13. The summed E-state index contributed by atoms with van der Waals surface area (Å²) in [6, 6.07) is -1.69. The summed E-state index contributed by atoms with van der Waals surface area (Å²) in [4.78, 5) is 22.6. The van der Waals surface area contributed by atoms with Gasteiger partial charge in [-0.1, -0.05) is 19.8 Å². The molecule has 0 bridgehead atoms. The van der Waals surface area contributed by atoms with Gasteiger partial charge >= 0.3 is 5.97 Å². The van der Waals surface area contributed by atoms with Crippen molar-refractivity contribution >= 4 is 11.9 Å². The van der Waals surface area contributed by atoms with E-state index in [0.29, 0.717) is 6.42 Å². The minimum atomic E-state index is -1.04. The molecule has 0 aliphatic carbocycles. The Morgan fingerprint density at radius 3 is 2.56 bits per heavy atom. The largest absolute Gasteiger partial charge is 0.467 e. The van der Waals surface area contributed by atoms with E-state index in [4.69, 9.17) is 10.8 Å². The van der Waals surface area contributed by atoms with Crippen molar-refractivity contribution in [3.63, 3.8) is 0 Å². The highest BCUT2D eigenvalue weighted by Crippen LogP contribution is 1.99. The number of amides is 1. The zero-order valence-electron chi connectivity index (χ0n) is 9.73. The van der Waals surface area contributed by atoms with E-state index in [0.717, 1.165) is 12.8 Å². The Hall–Kier alpha value is -1.14. The number of unbranched alkanes of at least 4 members (excludes halogenated alkanes) is 1. The molecule has 0 saturated heterocycles. The Bertz CT molecular complexity index is 233. The van der Waals surface area contributed by atoms with Crippen LogP contribution in [0.2, 0.25) is 0 Å². The van der Waals surface area contributed by atoms with Crippen LogP contribution in [0.5, 0.6) is 0 Å². The van der Waals surface area contributed by atoms with Crippen LogP contribution in [0, 0.1) is 0 Å². The molecule has 6 nitrogen and oxygen atoms in total. The highest BCUT2D eigenvalue weighted by Gasteiger charge is 2.23. The van der Waals surface area contributed by atoms with Gasteiger partial charge < -0.3 is 20.9 Å². The maximum Gasteiger partial charge on any atom is 0.330 e. The van der Waals surface area contributed by atoms with Crippen molar-refractivity contribution in [2.45, 2.75) is 38.3 Å². The molecule has 16 heavy (non-hydrogen) atoms. The highest BCUT2D eigenvalue weighted by molar-refractivity contribution is 5.87. The number of nitrogens with one attached hydrogen (secondary N) is 1. The van der Waals surface area contributed by atoms with Gasteiger partial charge in [-0.05, 0) is 6.42 Å². The third-order valence-electron chi connectivity index (χ3n) is 2.19. The van der Waals surface area contributed by atoms with Gasteiger partial charge in [0.1, 0.15) is 0 Å². The van der Waals surface area contributed by atoms with Gasteiger partial charge in [-0.3, -0.25) is 4.79 Å². The lowest BCUT2D eigenvalue weighted by Gasteiger charge is -2.17. The molecular weight excluding hydrogens is 212 g/mol. The number of hydrogen-bond acceptors (Lipinski definition) is 5. The molecule has 0 spiro atoms. The number of ether oxygens (including phenoxy) is 1. The monoisotopic (exact) mass is 232 g/mol. The third kappa shape index (κ3) is 5.09. The third-order valence-corrected chi connectivity index (χ3v) is 2.19. The molecule has 0 radical (unpaired) electrons. The van der Waals surface area contributed by atoms with Crippen LogP contribution in [-0.2, 0) is 14.3 Å². The average Bonchev–Trinajstić information content (AvgIpc) is 2.31. The molecule has 0 aromatic heterocycles. The summed E-state index contributed by atoms with van der Waals surface area (Å²) in [5, 5.41) is 11.2. The second-order valence-corrected chi connectivity index (χ2v) is 3.52. The average molecular weight is 232 g/mol. The summed E-state index contributed by atoms with van der Waals surface area (Å²) in [6.07, 6.45) is 2.35. The van der Waals surface area contributed by atoms with Gasteiger partial charge in [0, 0.05) is 0 Å². The molecule has 0 rings (SSSR count). The SMILES string of the molecule is CCCC[C@H](N)C(=O)N[C@@H](CO)C(=O)OC. The summed E-state index contributed by atoms with van der Waals surface area (Å²) < 4.78 is 4.41. The molecule has 0 unspecified atom stereocenters. The van der Waals surface area contributed by atoms with E-state index in [2.05, 4.69) is 10.1 Å². The lowest BCUT2D eigenvalue weighted by Crippen LogP contribution is -2.50. The maximum atomic E-state index is 11.5. The molecule has 0 saturated carbocycles. The number of rotatable bonds is 7. The Morgan fingerprint density at radius 2 is 2.12 bits per heavy atom. The molecule has 0 heterocycles. The van der Waals surface area contributed by atoms with E-state index in [1.807, 2.05) is 6.92 Å². The van der Waals surface area contributed by atoms with Crippen LogP contribution in [0.4, 0.5) is 0 Å². The first-order chi connectivity index (χ1) is 7.56. The molecular formula is C10H20N2O4. The van der Waals surface area contributed by atoms with Crippen LogP contribution in [0.25, 0.3) is 0 Å². The van der Waals surface area contributed by atoms with Gasteiger partial charge in [-0.15, -0.1) is 0 Å². The van der Waals surface area contributed by atoms with Gasteiger partial charge in [0.25, 0.3) is 0 Å². The minimum Gasteiger partial charge on any atom is -0.467 e. The lowest BCUT2D eigenvalue weighted by molar-refractivity contribution is -0.146. The smallest absolute Gasteiger partial charge is 0.330 e. The van der Waals surface area contributed by atoms with E-state index in [9.17, 15) is 9.59 Å². The first-order valence-electron chi connectivity index (χ1n) is 5.31. The second kappa shape index (κ2) is 8.06.